The van der Waals surface area contributed by atoms with Crippen LogP contribution in [0.5, 0.6) is 0 Å². The monoisotopic (exact) mass is 400 g/mol. The van der Waals surface area contributed by atoms with Crippen LogP contribution in [0.1, 0.15) is 30.3 Å². The summed E-state index contributed by atoms with van der Waals surface area (Å²) in [4.78, 5) is 6.93. The van der Waals surface area contributed by atoms with Gasteiger partial charge >= 0.3 is 0 Å². The highest BCUT2D eigenvalue weighted by Crippen LogP contribution is 2.48. The number of hydrogen-bond acceptors (Lipinski definition) is 4. The third-order valence-corrected chi connectivity index (χ3v) is 9.03. The van der Waals surface area contributed by atoms with Gasteiger partial charge in [0.2, 0.25) is 10.0 Å². The fourth-order valence-electron chi connectivity index (χ4n) is 5.06. The zero-order valence-electron chi connectivity index (χ0n) is 16.3. The van der Waals surface area contributed by atoms with Crippen molar-refractivity contribution in [1.29, 1.82) is 0 Å². The van der Waals surface area contributed by atoms with E-state index < -0.39 is 10.0 Å². The van der Waals surface area contributed by atoms with Crippen LogP contribution in [0.2, 0.25) is 0 Å². The highest BCUT2D eigenvalue weighted by molar-refractivity contribution is 7.90. The maximum atomic E-state index is 13.1. The normalized spacial score (nSPS) is 28.7. The van der Waals surface area contributed by atoms with E-state index in [9.17, 15) is 8.42 Å². The number of likely N-dealkylation sites (tertiary alicyclic amines) is 1. The maximum Gasteiger partial charge on any atom is 0.217 e. The van der Waals surface area contributed by atoms with E-state index in [2.05, 4.69) is 26.6 Å². The summed E-state index contributed by atoms with van der Waals surface area (Å²) in [6.45, 7) is 3.59. The zero-order valence-corrected chi connectivity index (χ0v) is 17.1. The first-order valence-electron chi connectivity index (χ1n) is 10.3. The summed E-state index contributed by atoms with van der Waals surface area (Å²) >= 11 is 0. The first-order chi connectivity index (χ1) is 13.5. The van der Waals surface area contributed by atoms with Crippen molar-refractivity contribution in [3.8, 4) is 0 Å². The van der Waals surface area contributed by atoms with Gasteiger partial charge < -0.3 is 9.47 Å². The molecule has 3 fully saturated rings. The quantitative estimate of drug-likeness (QED) is 0.745. The van der Waals surface area contributed by atoms with Gasteiger partial charge in [0, 0.05) is 52.0 Å². The second-order valence-corrected chi connectivity index (χ2v) is 10.7. The van der Waals surface area contributed by atoms with Crippen LogP contribution in [-0.2, 0) is 23.5 Å². The second-order valence-electron chi connectivity index (χ2n) is 8.56. The molecular formula is C21H28N4O2S. The largest absolute Gasteiger partial charge is 0.338 e. The van der Waals surface area contributed by atoms with E-state index in [0.29, 0.717) is 18.4 Å². The van der Waals surface area contributed by atoms with Gasteiger partial charge in [-0.2, -0.15) is 4.31 Å². The van der Waals surface area contributed by atoms with Crippen molar-refractivity contribution in [2.45, 2.75) is 30.6 Å². The van der Waals surface area contributed by atoms with Crippen molar-refractivity contribution in [2.75, 3.05) is 26.2 Å². The lowest BCUT2D eigenvalue weighted by Gasteiger charge is -2.29. The molecule has 0 radical (unpaired) electrons. The summed E-state index contributed by atoms with van der Waals surface area (Å²) in [6, 6.07) is 10.2. The topological polar surface area (TPSA) is 58.4 Å². The Morgan fingerprint density at radius 3 is 2.57 bits per heavy atom. The van der Waals surface area contributed by atoms with Gasteiger partial charge in [-0.3, -0.25) is 0 Å². The molecule has 7 heteroatoms. The lowest BCUT2D eigenvalue weighted by atomic mass is 9.90. The second kappa shape index (κ2) is 6.97. The number of aryl methyl sites for hydroxylation is 1. The molecule has 3 aliphatic rings. The van der Waals surface area contributed by atoms with E-state index in [-0.39, 0.29) is 11.3 Å². The minimum atomic E-state index is -3.17. The van der Waals surface area contributed by atoms with Crippen molar-refractivity contribution in [3.05, 3.63) is 54.1 Å². The molecule has 150 valence electrons. The summed E-state index contributed by atoms with van der Waals surface area (Å²) in [5, 5.41) is -0.142. The first kappa shape index (κ1) is 18.3. The van der Waals surface area contributed by atoms with Crippen molar-refractivity contribution in [3.63, 3.8) is 0 Å². The molecule has 6 nitrogen and oxygen atoms in total. The predicted octanol–water partition coefficient (Wildman–Crippen LogP) is 2.06. The van der Waals surface area contributed by atoms with Crippen molar-refractivity contribution >= 4 is 10.0 Å². The smallest absolute Gasteiger partial charge is 0.217 e. The van der Waals surface area contributed by atoms with Crippen LogP contribution in [0.4, 0.5) is 0 Å². The highest BCUT2D eigenvalue weighted by atomic mass is 32.2. The van der Waals surface area contributed by atoms with Crippen LogP contribution < -0.4 is 0 Å². The lowest BCUT2D eigenvalue weighted by Crippen LogP contribution is -2.37. The number of fused-ring (bicyclic) bond motifs is 1. The molecule has 1 aromatic heterocycles. The van der Waals surface area contributed by atoms with Crippen LogP contribution in [0.3, 0.4) is 0 Å². The number of aromatic nitrogens is 2. The molecule has 2 saturated heterocycles. The number of sulfonamides is 1. The van der Waals surface area contributed by atoms with Gasteiger partial charge in [-0.05, 0) is 30.2 Å². The molecule has 28 heavy (non-hydrogen) atoms. The number of imidazole rings is 1. The molecule has 0 unspecified atom stereocenters. The number of benzene rings is 1. The van der Waals surface area contributed by atoms with Gasteiger partial charge in [0.15, 0.2) is 0 Å². The van der Waals surface area contributed by atoms with Crippen molar-refractivity contribution in [2.24, 2.45) is 18.9 Å². The number of hydrogen-bond donors (Lipinski definition) is 0. The third-order valence-electron chi connectivity index (χ3n) is 6.68. The minimum Gasteiger partial charge on any atom is -0.338 e. The Balaban J connectivity index is 1.35. The highest BCUT2D eigenvalue weighted by Gasteiger charge is 2.54. The molecular weight excluding hydrogens is 372 g/mol. The van der Waals surface area contributed by atoms with E-state index in [1.54, 1.807) is 0 Å². The van der Waals surface area contributed by atoms with Crippen LogP contribution in [0.15, 0.2) is 42.7 Å². The maximum absolute atomic E-state index is 13.1. The molecule has 1 saturated carbocycles. The van der Waals surface area contributed by atoms with Crippen molar-refractivity contribution < 1.29 is 8.42 Å². The molecule has 2 aromatic rings. The van der Waals surface area contributed by atoms with Crippen LogP contribution in [0.25, 0.3) is 0 Å². The molecule has 3 heterocycles. The molecule has 5 rings (SSSR count). The van der Waals surface area contributed by atoms with E-state index >= 15 is 0 Å². The van der Waals surface area contributed by atoms with Gasteiger partial charge in [0.1, 0.15) is 5.82 Å². The average Bonchev–Trinajstić information content (AvgIpc) is 3.23. The third kappa shape index (κ3) is 3.19. The van der Waals surface area contributed by atoms with Crippen LogP contribution >= 0.6 is 0 Å². The van der Waals surface area contributed by atoms with Gasteiger partial charge in [0.25, 0.3) is 0 Å². The minimum absolute atomic E-state index is 0.0186. The lowest BCUT2D eigenvalue weighted by molar-refractivity contribution is 0.266. The van der Waals surface area contributed by atoms with E-state index in [0.717, 1.165) is 50.3 Å². The molecule has 0 bridgehead atoms. The SMILES string of the molecule is Cn1ccnc1CCN1C[C@H]2CN(S(=O)(=O)C3CC3)[C@H](c3ccccc3)[C@H]2C1. The summed E-state index contributed by atoms with van der Waals surface area (Å²) in [7, 11) is -1.14. The summed E-state index contributed by atoms with van der Waals surface area (Å²) in [6.07, 6.45) is 6.42. The summed E-state index contributed by atoms with van der Waals surface area (Å²) < 4.78 is 30.2. The summed E-state index contributed by atoms with van der Waals surface area (Å²) in [5.41, 5.74) is 1.14. The predicted molar refractivity (Wildman–Crippen MR) is 108 cm³/mol. The summed E-state index contributed by atoms with van der Waals surface area (Å²) in [5.74, 6) is 1.90. The average molecular weight is 401 g/mol. The van der Waals surface area contributed by atoms with Crippen molar-refractivity contribution in [1.82, 2.24) is 18.8 Å². The van der Waals surface area contributed by atoms with Gasteiger partial charge in [-0.15, -0.1) is 0 Å². The van der Waals surface area contributed by atoms with Crippen LogP contribution in [0, 0.1) is 11.8 Å². The molecule has 1 aromatic carbocycles. The fourth-order valence-corrected chi connectivity index (χ4v) is 7.17. The van der Waals surface area contributed by atoms with E-state index in [1.165, 1.54) is 0 Å². The molecule has 2 aliphatic heterocycles. The standard InChI is InChI=1S/C21H28N4O2S/c1-23-12-10-22-20(23)9-11-24-13-17-14-25(28(26,27)18-7-8-18)21(19(17)15-24)16-5-3-2-4-6-16/h2-6,10,12,17-19,21H,7-9,11,13-15H2,1H3/t17-,19-,21+/m0/s1. The van der Waals surface area contributed by atoms with E-state index in [4.69, 9.17) is 0 Å². The Morgan fingerprint density at radius 2 is 1.89 bits per heavy atom. The Morgan fingerprint density at radius 1 is 1.11 bits per heavy atom. The fraction of sp³-hybridized carbons (Fsp3) is 0.571. The van der Waals surface area contributed by atoms with Crippen LogP contribution in [-0.4, -0.2) is 58.6 Å². The molecule has 0 N–H and O–H groups in total. The van der Waals surface area contributed by atoms with E-state index in [1.807, 2.05) is 41.9 Å². The molecule has 0 spiro atoms. The van der Waals surface area contributed by atoms with Gasteiger partial charge in [-0.25, -0.2) is 13.4 Å². The van der Waals surface area contributed by atoms with Gasteiger partial charge in [-0.1, -0.05) is 30.3 Å². The molecule has 1 aliphatic carbocycles. The number of rotatable bonds is 6. The molecule has 0 amide bonds. The Labute approximate surface area is 167 Å². The number of nitrogens with zero attached hydrogens (tertiary/aromatic N) is 4. The Bertz CT molecular complexity index is 938. The Hall–Kier alpha value is -1.70. The Kier molecular flexibility index (Phi) is 4.56. The zero-order chi connectivity index (χ0) is 19.3. The first-order valence-corrected chi connectivity index (χ1v) is 11.8. The van der Waals surface area contributed by atoms with Gasteiger partial charge in [0.05, 0.1) is 11.3 Å². The molecule has 3 atom stereocenters.